The highest BCUT2D eigenvalue weighted by Crippen LogP contribution is 2.17. The van der Waals surface area contributed by atoms with Crippen molar-refractivity contribution in [3.8, 4) is 0 Å². The van der Waals surface area contributed by atoms with Gasteiger partial charge >= 0.3 is 0 Å². The predicted molar refractivity (Wildman–Crippen MR) is 75.2 cm³/mol. The first-order valence-corrected chi connectivity index (χ1v) is 7.72. The SMILES string of the molecule is CCCn1ncc(S(=O)(=O)NCc2cccnc2)c1N. The van der Waals surface area contributed by atoms with Crippen molar-refractivity contribution in [3.05, 3.63) is 36.3 Å². The number of nitrogens with one attached hydrogen (secondary N) is 1. The lowest BCUT2D eigenvalue weighted by molar-refractivity contribution is 0.581. The van der Waals surface area contributed by atoms with Crippen molar-refractivity contribution in [2.75, 3.05) is 5.73 Å². The fourth-order valence-electron chi connectivity index (χ4n) is 1.73. The van der Waals surface area contributed by atoms with Crippen molar-refractivity contribution in [1.29, 1.82) is 0 Å². The highest BCUT2D eigenvalue weighted by atomic mass is 32.2. The van der Waals surface area contributed by atoms with Crippen LogP contribution >= 0.6 is 0 Å². The van der Waals surface area contributed by atoms with E-state index >= 15 is 0 Å². The number of rotatable bonds is 6. The smallest absolute Gasteiger partial charge is 0.246 e. The van der Waals surface area contributed by atoms with Crippen LogP contribution in [0.3, 0.4) is 0 Å². The maximum absolute atomic E-state index is 12.2. The number of sulfonamides is 1. The standard InChI is InChI=1S/C12H17N5O2S/c1-2-6-17-12(13)11(9-15-17)20(18,19)16-8-10-4-3-5-14-7-10/h3-5,7,9,16H,2,6,8,13H2,1H3. The highest BCUT2D eigenvalue weighted by Gasteiger charge is 2.21. The van der Waals surface area contributed by atoms with Crippen LogP contribution < -0.4 is 10.5 Å². The van der Waals surface area contributed by atoms with Gasteiger partial charge in [-0.2, -0.15) is 5.10 Å². The Morgan fingerprint density at radius 3 is 2.85 bits per heavy atom. The molecule has 0 aromatic carbocycles. The van der Waals surface area contributed by atoms with Gasteiger partial charge in [0.2, 0.25) is 10.0 Å². The summed E-state index contributed by atoms with van der Waals surface area (Å²) in [5, 5.41) is 3.99. The first kappa shape index (κ1) is 14.5. The molecular formula is C12H17N5O2S. The molecule has 0 amide bonds. The summed E-state index contributed by atoms with van der Waals surface area (Å²) in [6, 6.07) is 3.54. The maximum atomic E-state index is 12.2. The van der Waals surface area contributed by atoms with E-state index in [1.807, 2.05) is 6.92 Å². The molecule has 0 atom stereocenters. The van der Waals surface area contributed by atoms with Gasteiger partial charge in [0, 0.05) is 25.5 Å². The van der Waals surface area contributed by atoms with Crippen LogP contribution in [-0.4, -0.2) is 23.2 Å². The van der Waals surface area contributed by atoms with Crippen LogP contribution in [0.2, 0.25) is 0 Å². The van der Waals surface area contributed by atoms with Crippen molar-refractivity contribution in [2.45, 2.75) is 31.3 Å². The summed E-state index contributed by atoms with van der Waals surface area (Å²) in [4.78, 5) is 3.94. The Balaban J connectivity index is 2.14. The molecule has 7 nitrogen and oxygen atoms in total. The first-order valence-electron chi connectivity index (χ1n) is 6.24. The lowest BCUT2D eigenvalue weighted by Crippen LogP contribution is -2.24. The Bertz CT molecular complexity index is 666. The minimum absolute atomic E-state index is 0.00911. The lowest BCUT2D eigenvalue weighted by atomic mass is 10.3. The van der Waals surface area contributed by atoms with E-state index in [1.165, 1.54) is 10.9 Å². The zero-order chi connectivity index (χ0) is 14.6. The van der Waals surface area contributed by atoms with Crippen molar-refractivity contribution < 1.29 is 8.42 Å². The fourth-order valence-corrected chi connectivity index (χ4v) is 2.81. The second-order valence-electron chi connectivity index (χ2n) is 4.30. The summed E-state index contributed by atoms with van der Waals surface area (Å²) in [5.74, 6) is 0.158. The molecule has 108 valence electrons. The van der Waals surface area contributed by atoms with Gasteiger partial charge in [0.25, 0.3) is 0 Å². The van der Waals surface area contributed by atoms with Crippen molar-refractivity contribution in [3.63, 3.8) is 0 Å². The van der Waals surface area contributed by atoms with E-state index in [2.05, 4.69) is 14.8 Å². The second kappa shape index (κ2) is 6.02. The molecule has 0 radical (unpaired) electrons. The second-order valence-corrected chi connectivity index (χ2v) is 6.04. The number of hydrogen-bond acceptors (Lipinski definition) is 5. The summed E-state index contributed by atoms with van der Waals surface area (Å²) in [6.45, 7) is 2.72. The van der Waals surface area contributed by atoms with Crippen LogP contribution in [-0.2, 0) is 23.1 Å². The van der Waals surface area contributed by atoms with E-state index in [4.69, 9.17) is 5.73 Å². The van der Waals surface area contributed by atoms with Crippen molar-refractivity contribution in [1.82, 2.24) is 19.5 Å². The number of anilines is 1. The van der Waals surface area contributed by atoms with Crippen LogP contribution in [0.1, 0.15) is 18.9 Å². The molecule has 20 heavy (non-hydrogen) atoms. The Hall–Kier alpha value is -1.93. The van der Waals surface area contributed by atoms with Gasteiger partial charge in [-0.3, -0.25) is 4.98 Å². The number of nitrogen functional groups attached to an aromatic ring is 1. The monoisotopic (exact) mass is 295 g/mol. The minimum atomic E-state index is -3.67. The van der Waals surface area contributed by atoms with Crippen molar-refractivity contribution >= 4 is 15.8 Å². The Kier molecular flexibility index (Phi) is 4.35. The molecule has 0 unspecified atom stereocenters. The molecule has 0 bridgehead atoms. The zero-order valence-corrected chi connectivity index (χ0v) is 12.0. The van der Waals surface area contributed by atoms with Gasteiger partial charge in [-0.25, -0.2) is 17.8 Å². The molecule has 2 heterocycles. The number of aryl methyl sites for hydroxylation is 1. The van der Waals surface area contributed by atoms with Crippen LogP contribution in [0.15, 0.2) is 35.6 Å². The normalized spacial score (nSPS) is 11.7. The molecule has 2 aromatic heterocycles. The average molecular weight is 295 g/mol. The lowest BCUT2D eigenvalue weighted by Gasteiger charge is -2.06. The number of pyridine rings is 1. The summed E-state index contributed by atoms with van der Waals surface area (Å²) in [7, 11) is -3.67. The highest BCUT2D eigenvalue weighted by molar-refractivity contribution is 7.89. The third kappa shape index (κ3) is 3.14. The fraction of sp³-hybridized carbons (Fsp3) is 0.333. The maximum Gasteiger partial charge on any atom is 0.246 e. The van der Waals surface area contributed by atoms with Crippen LogP contribution in [0.4, 0.5) is 5.82 Å². The number of nitrogens with zero attached hydrogens (tertiary/aromatic N) is 3. The van der Waals surface area contributed by atoms with Gasteiger partial charge in [-0.15, -0.1) is 0 Å². The third-order valence-electron chi connectivity index (χ3n) is 2.76. The topological polar surface area (TPSA) is 103 Å². The largest absolute Gasteiger partial charge is 0.383 e. The Morgan fingerprint density at radius 1 is 1.40 bits per heavy atom. The summed E-state index contributed by atoms with van der Waals surface area (Å²) >= 11 is 0. The molecule has 2 aromatic rings. The third-order valence-corrected chi connectivity index (χ3v) is 4.18. The minimum Gasteiger partial charge on any atom is -0.383 e. The van der Waals surface area contributed by atoms with Crippen molar-refractivity contribution in [2.24, 2.45) is 0 Å². The van der Waals surface area contributed by atoms with Crippen LogP contribution in [0, 0.1) is 0 Å². The Morgan fingerprint density at radius 2 is 2.20 bits per heavy atom. The van der Waals surface area contributed by atoms with E-state index < -0.39 is 10.0 Å². The molecular weight excluding hydrogens is 278 g/mol. The number of hydrogen-bond donors (Lipinski definition) is 2. The molecule has 0 saturated carbocycles. The first-order chi connectivity index (χ1) is 9.54. The van der Waals surface area contributed by atoms with Gasteiger partial charge in [0.05, 0.1) is 6.20 Å². The zero-order valence-electron chi connectivity index (χ0n) is 11.2. The quantitative estimate of drug-likeness (QED) is 0.818. The van der Waals surface area contributed by atoms with Gasteiger partial charge in [-0.1, -0.05) is 13.0 Å². The summed E-state index contributed by atoms with van der Waals surface area (Å²) in [5.41, 5.74) is 6.59. The van der Waals surface area contributed by atoms with E-state index in [0.717, 1.165) is 12.0 Å². The molecule has 0 spiro atoms. The molecule has 0 saturated heterocycles. The molecule has 0 aliphatic heterocycles. The van der Waals surface area contributed by atoms with E-state index in [1.54, 1.807) is 24.5 Å². The van der Waals surface area contributed by atoms with Gasteiger partial charge < -0.3 is 5.73 Å². The van der Waals surface area contributed by atoms with Crippen LogP contribution in [0.5, 0.6) is 0 Å². The van der Waals surface area contributed by atoms with Gasteiger partial charge in [0.15, 0.2) is 0 Å². The van der Waals surface area contributed by atoms with Gasteiger partial charge in [0.1, 0.15) is 10.7 Å². The summed E-state index contributed by atoms with van der Waals surface area (Å²) < 4.78 is 28.3. The van der Waals surface area contributed by atoms with Crippen LogP contribution in [0.25, 0.3) is 0 Å². The van der Waals surface area contributed by atoms with Gasteiger partial charge in [-0.05, 0) is 18.1 Å². The van der Waals surface area contributed by atoms with E-state index in [9.17, 15) is 8.42 Å². The number of aromatic nitrogens is 3. The van der Waals surface area contributed by atoms with E-state index in [-0.39, 0.29) is 17.3 Å². The number of nitrogens with two attached hydrogens (primary N) is 1. The molecule has 0 fully saturated rings. The predicted octanol–water partition coefficient (Wildman–Crippen LogP) is 0.749. The van der Waals surface area contributed by atoms with E-state index in [0.29, 0.717) is 6.54 Å². The molecule has 8 heteroatoms. The molecule has 0 aliphatic rings. The molecule has 3 N–H and O–H groups in total. The molecule has 0 aliphatic carbocycles. The summed E-state index contributed by atoms with van der Waals surface area (Å²) in [6.07, 6.45) is 5.34. The Labute approximate surface area is 117 Å². The average Bonchev–Trinajstić information content (AvgIpc) is 2.81. The molecule has 2 rings (SSSR count).